The molecule has 26 heavy (non-hydrogen) atoms. The van der Waals surface area contributed by atoms with Crippen LogP contribution < -0.4 is 5.69 Å². The van der Waals surface area contributed by atoms with Crippen molar-refractivity contribution in [2.24, 2.45) is 5.92 Å². The van der Waals surface area contributed by atoms with E-state index in [1.807, 2.05) is 42.5 Å². The Morgan fingerprint density at radius 2 is 1.69 bits per heavy atom. The Labute approximate surface area is 150 Å². The maximum absolute atomic E-state index is 13.0. The number of Topliss-reactive ketones (excluding diaryl/α,β-unsaturated/α-hetero) is 1. The van der Waals surface area contributed by atoms with Crippen LogP contribution in [0.1, 0.15) is 47.1 Å². The van der Waals surface area contributed by atoms with Gasteiger partial charge in [0, 0.05) is 17.9 Å². The standard InChI is InChI=1S/C21H19N3O2/c25-20(15-6-7-15)16-8-10-17(11-9-16)24-21(26)23-18(12-13-19(23)22-24)14-4-2-1-3-5-14/h1-5,8-11,15,18H,6-7,12-13H2/t18-/m0/s1. The van der Waals surface area contributed by atoms with Crippen molar-refractivity contribution in [3.05, 3.63) is 82.0 Å². The van der Waals surface area contributed by atoms with E-state index in [4.69, 9.17) is 0 Å². The fourth-order valence-electron chi connectivity index (χ4n) is 3.80. The van der Waals surface area contributed by atoms with Gasteiger partial charge in [0.1, 0.15) is 5.82 Å². The smallest absolute Gasteiger partial charge is 0.294 e. The summed E-state index contributed by atoms with van der Waals surface area (Å²) in [4.78, 5) is 25.1. The summed E-state index contributed by atoms with van der Waals surface area (Å²) < 4.78 is 3.26. The minimum absolute atomic E-state index is 0.0446. The molecular formula is C21H19N3O2. The number of nitrogens with zero attached hydrogens (tertiary/aromatic N) is 3. The van der Waals surface area contributed by atoms with Gasteiger partial charge in [0.05, 0.1) is 11.7 Å². The number of hydrogen-bond acceptors (Lipinski definition) is 3. The van der Waals surface area contributed by atoms with Crippen LogP contribution in [0.3, 0.4) is 0 Å². The van der Waals surface area contributed by atoms with E-state index in [0.29, 0.717) is 5.69 Å². The molecule has 1 aromatic heterocycles. The quantitative estimate of drug-likeness (QED) is 0.683. The number of fused-ring (bicyclic) bond motifs is 1. The molecule has 0 saturated heterocycles. The molecule has 5 heteroatoms. The highest BCUT2D eigenvalue weighted by atomic mass is 16.2. The molecule has 0 spiro atoms. The van der Waals surface area contributed by atoms with E-state index < -0.39 is 0 Å². The largest absolute Gasteiger partial charge is 0.351 e. The summed E-state index contributed by atoms with van der Waals surface area (Å²) in [5, 5.41) is 4.54. The maximum atomic E-state index is 13.0. The SMILES string of the molecule is O=C(c1ccc(-n2nc3n(c2=O)[C@H](c2ccccc2)CC3)cc1)C1CC1. The molecule has 2 aromatic carbocycles. The normalized spacial score (nSPS) is 18.7. The second-order valence-electron chi connectivity index (χ2n) is 7.13. The number of aromatic nitrogens is 3. The van der Waals surface area contributed by atoms with Gasteiger partial charge in [-0.15, -0.1) is 5.10 Å². The van der Waals surface area contributed by atoms with E-state index in [1.165, 1.54) is 4.68 Å². The van der Waals surface area contributed by atoms with Crippen LogP contribution in [0, 0.1) is 5.92 Å². The molecule has 0 bridgehead atoms. The molecule has 130 valence electrons. The molecule has 0 unspecified atom stereocenters. The van der Waals surface area contributed by atoms with Gasteiger partial charge in [0.25, 0.3) is 0 Å². The van der Waals surface area contributed by atoms with Crippen molar-refractivity contribution < 1.29 is 4.79 Å². The van der Waals surface area contributed by atoms with Crippen LogP contribution in [0.15, 0.2) is 59.4 Å². The van der Waals surface area contributed by atoms with Gasteiger partial charge in [-0.1, -0.05) is 30.3 Å². The van der Waals surface area contributed by atoms with Gasteiger partial charge < -0.3 is 0 Å². The number of benzene rings is 2. The fraction of sp³-hybridized carbons (Fsp3) is 0.286. The molecule has 1 saturated carbocycles. The molecule has 0 amide bonds. The lowest BCUT2D eigenvalue weighted by atomic mass is 10.1. The zero-order valence-electron chi connectivity index (χ0n) is 14.3. The summed E-state index contributed by atoms with van der Waals surface area (Å²) in [6.45, 7) is 0. The van der Waals surface area contributed by atoms with Crippen LogP contribution >= 0.6 is 0 Å². The third-order valence-electron chi connectivity index (χ3n) is 5.36. The maximum Gasteiger partial charge on any atom is 0.351 e. The summed E-state index contributed by atoms with van der Waals surface area (Å²) in [5.74, 6) is 1.23. The number of carbonyl (C=O) groups is 1. The van der Waals surface area contributed by atoms with Crippen molar-refractivity contribution in [2.45, 2.75) is 31.7 Å². The van der Waals surface area contributed by atoms with Crippen molar-refractivity contribution in [3.8, 4) is 5.69 Å². The molecule has 3 aromatic rings. The molecule has 0 N–H and O–H groups in total. The number of hydrogen-bond donors (Lipinski definition) is 0. The second-order valence-corrected chi connectivity index (χ2v) is 7.13. The van der Waals surface area contributed by atoms with Crippen LogP contribution in [0.2, 0.25) is 0 Å². The highest BCUT2D eigenvalue weighted by molar-refractivity contribution is 5.99. The lowest BCUT2D eigenvalue weighted by molar-refractivity contribution is 0.0967. The van der Waals surface area contributed by atoms with Crippen LogP contribution in [0.4, 0.5) is 0 Å². The first-order chi connectivity index (χ1) is 12.7. The van der Waals surface area contributed by atoms with Gasteiger partial charge in [-0.05, 0) is 49.1 Å². The summed E-state index contributed by atoms with van der Waals surface area (Å²) in [5.41, 5.74) is 2.44. The highest BCUT2D eigenvalue weighted by Gasteiger charge is 2.31. The first-order valence-corrected chi connectivity index (χ1v) is 9.12. The molecule has 2 heterocycles. The van der Waals surface area contributed by atoms with Crippen LogP contribution in [-0.2, 0) is 6.42 Å². The highest BCUT2D eigenvalue weighted by Crippen LogP contribution is 2.33. The molecule has 1 atom stereocenters. The topological polar surface area (TPSA) is 56.9 Å². The Bertz CT molecular complexity index is 1030. The summed E-state index contributed by atoms with van der Waals surface area (Å²) in [6.07, 6.45) is 3.68. The lowest BCUT2D eigenvalue weighted by Gasteiger charge is -2.11. The molecule has 0 radical (unpaired) electrons. The Hall–Kier alpha value is -2.95. The molecule has 1 aliphatic carbocycles. The second kappa shape index (κ2) is 5.80. The molecular weight excluding hydrogens is 326 g/mol. The van der Waals surface area contributed by atoms with Gasteiger partial charge >= 0.3 is 5.69 Å². The summed E-state index contributed by atoms with van der Waals surface area (Å²) in [7, 11) is 0. The predicted molar refractivity (Wildman–Crippen MR) is 97.8 cm³/mol. The fourth-order valence-corrected chi connectivity index (χ4v) is 3.80. The van der Waals surface area contributed by atoms with Crippen molar-refractivity contribution in [1.29, 1.82) is 0 Å². The Kier molecular flexibility index (Phi) is 3.42. The number of ketones is 1. The Balaban J connectivity index is 1.50. The number of carbonyl (C=O) groups excluding carboxylic acids is 1. The van der Waals surface area contributed by atoms with Gasteiger partial charge in [-0.25, -0.2) is 4.79 Å². The van der Waals surface area contributed by atoms with Crippen LogP contribution in [-0.4, -0.2) is 20.1 Å². The molecule has 1 aliphatic heterocycles. The monoisotopic (exact) mass is 345 g/mol. The zero-order valence-corrected chi connectivity index (χ0v) is 14.3. The molecule has 5 rings (SSSR count). The molecule has 1 fully saturated rings. The first kappa shape index (κ1) is 15.3. The van der Waals surface area contributed by atoms with Gasteiger partial charge in [-0.2, -0.15) is 4.68 Å². The summed E-state index contributed by atoms with van der Waals surface area (Å²) in [6, 6.07) is 17.4. The van der Waals surface area contributed by atoms with Crippen LogP contribution in [0.25, 0.3) is 5.69 Å². The summed E-state index contributed by atoms with van der Waals surface area (Å²) >= 11 is 0. The van der Waals surface area contributed by atoms with E-state index in [2.05, 4.69) is 17.2 Å². The molecule has 5 nitrogen and oxygen atoms in total. The van der Waals surface area contributed by atoms with E-state index in [1.54, 1.807) is 4.57 Å². The van der Waals surface area contributed by atoms with E-state index in [-0.39, 0.29) is 23.4 Å². The average molecular weight is 345 g/mol. The van der Waals surface area contributed by atoms with E-state index in [0.717, 1.165) is 42.6 Å². The average Bonchev–Trinajstić information content (AvgIpc) is 3.37. The minimum Gasteiger partial charge on any atom is -0.294 e. The van der Waals surface area contributed by atoms with Crippen molar-refractivity contribution in [3.63, 3.8) is 0 Å². The zero-order chi connectivity index (χ0) is 17.7. The van der Waals surface area contributed by atoms with Crippen molar-refractivity contribution >= 4 is 5.78 Å². The number of rotatable bonds is 4. The Morgan fingerprint density at radius 1 is 0.962 bits per heavy atom. The third kappa shape index (κ3) is 2.43. The van der Waals surface area contributed by atoms with Crippen LogP contribution in [0.5, 0.6) is 0 Å². The van der Waals surface area contributed by atoms with Gasteiger partial charge in [-0.3, -0.25) is 9.36 Å². The molecule has 2 aliphatic rings. The third-order valence-corrected chi connectivity index (χ3v) is 5.36. The van der Waals surface area contributed by atoms with E-state index >= 15 is 0 Å². The van der Waals surface area contributed by atoms with Crippen molar-refractivity contribution in [1.82, 2.24) is 14.3 Å². The predicted octanol–water partition coefficient (Wildman–Crippen LogP) is 3.16. The van der Waals surface area contributed by atoms with Gasteiger partial charge in [0.15, 0.2) is 5.78 Å². The number of aryl methyl sites for hydroxylation is 1. The van der Waals surface area contributed by atoms with Gasteiger partial charge in [0.2, 0.25) is 0 Å². The first-order valence-electron chi connectivity index (χ1n) is 9.12. The minimum atomic E-state index is -0.118. The van der Waals surface area contributed by atoms with Crippen molar-refractivity contribution in [2.75, 3.05) is 0 Å². The van der Waals surface area contributed by atoms with E-state index in [9.17, 15) is 9.59 Å². The Morgan fingerprint density at radius 3 is 2.38 bits per heavy atom. The lowest BCUT2D eigenvalue weighted by Crippen LogP contribution is -2.26.